The summed E-state index contributed by atoms with van der Waals surface area (Å²) >= 11 is 0. The van der Waals surface area contributed by atoms with Crippen LogP contribution in [-0.2, 0) is 14.3 Å². The van der Waals surface area contributed by atoms with Crippen LogP contribution in [0.25, 0.3) is 0 Å². The average Bonchev–Trinajstić information content (AvgIpc) is 3.44. The lowest BCUT2D eigenvalue weighted by Crippen LogP contribution is -2.45. The Balaban J connectivity index is 3.31. The molecule has 0 aliphatic heterocycles. The molecule has 2 atom stereocenters. The third-order valence-electron chi connectivity index (χ3n) is 17.4. The van der Waals surface area contributed by atoms with E-state index in [1.165, 1.54) is 353 Å². The molecule has 0 bridgehead atoms. The molecule has 0 saturated heterocycles. The molecule has 3 N–H and O–H groups in total. The third kappa shape index (κ3) is 64.0. The number of carbonyl (C=O) groups excluding carboxylic acids is 2. The van der Waals surface area contributed by atoms with Gasteiger partial charge in [-0.1, -0.05) is 386 Å². The smallest absolute Gasteiger partial charge is 0.305 e. The molecule has 78 heavy (non-hydrogen) atoms. The van der Waals surface area contributed by atoms with E-state index in [1.54, 1.807) is 0 Å². The zero-order valence-electron chi connectivity index (χ0n) is 53.4. The van der Waals surface area contributed by atoms with Crippen LogP contribution >= 0.6 is 0 Å². The normalized spacial score (nSPS) is 12.4. The molecular formula is C72H143NO5. The van der Waals surface area contributed by atoms with Gasteiger partial charge >= 0.3 is 5.97 Å². The van der Waals surface area contributed by atoms with Crippen molar-refractivity contribution >= 4 is 11.9 Å². The summed E-state index contributed by atoms with van der Waals surface area (Å²) < 4.78 is 5.51. The highest BCUT2D eigenvalue weighted by Gasteiger charge is 2.20. The molecule has 0 heterocycles. The lowest BCUT2D eigenvalue weighted by molar-refractivity contribution is -0.143. The molecule has 6 heteroatoms. The van der Waals surface area contributed by atoms with Crippen LogP contribution in [0.3, 0.4) is 0 Å². The van der Waals surface area contributed by atoms with E-state index in [2.05, 4.69) is 19.2 Å². The fourth-order valence-corrected chi connectivity index (χ4v) is 11.9. The van der Waals surface area contributed by atoms with Crippen LogP contribution in [0, 0.1) is 0 Å². The summed E-state index contributed by atoms with van der Waals surface area (Å²) in [5, 5.41) is 23.4. The van der Waals surface area contributed by atoms with Gasteiger partial charge in [0, 0.05) is 12.8 Å². The lowest BCUT2D eigenvalue weighted by Gasteiger charge is -2.22. The number of aliphatic hydroxyl groups excluding tert-OH is 2. The van der Waals surface area contributed by atoms with Gasteiger partial charge in [0.2, 0.25) is 5.91 Å². The zero-order chi connectivity index (χ0) is 56.4. The van der Waals surface area contributed by atoms with Gasteiger partial charge < -0.3 is 20.3 Å². The molecule has 0 fully saturated rings. The first-order valence-corrected chi connectivity index (χ1v) is 36.3. The number of unbranched alkanes of at least 4 members (excludes halogenated alkanes) is 58. The van der Waals surface area contributed by atoms with Gasteiger partial charge in [0.05, 0.1) is 25.4 Å². The molecule has 2 unspecified atom stereocenters. The topological polar surface area (TPSA) is 95.9 Å². The van der Waals surface area contributed by atoms with E-state index in [0.717, 1.165) is 38.5 Å². The third-order valence-corrected chi connectivity index (χ3v) is 17.4. The van der Waals surface area contributed by atoms with Crippen molar-refractivity contribution in [1.82, 2.24) is 5.32 Å². The van der Waals surface area contributed by atoms with Crippen LogP contribution in [0.15, 0.2) is 0 Å². The molecular weight excluding hydrogens is 959 g/mol. The summed E-state index contributed by atoms with van der Waals surface area (Å²) in [6, 6.07) is -0.538. The molecule has 0 aromatic heterocycles. The van der Waals surface area contributed by atoms with Crippen molar-refractivity contribution in [1.29, 1.82) is 0 Å². The molecule has 466 valence electrons. The monoisotopic (exact) mass is 1100 g/mol. The number of amides is 1. The molecule has 0 radical (unpaired) electrons. The summed E-state index contributed by atoms with van der Waals surface area (Å²) in [7, 11) is 0. The van der Waals surface area contributed by atoms with Crippen LogP contribution < -0.4 is 5.32 Å². The fourth-order valence-electron chi connectivity index (χ4n) is 11.9. The van der Waals surface area contributed by atoms with Crippen molar-refractivity contribution in [3.05, 3.63) is 0 Å². The molecule has 0 spiro atoms. The van der Waals surface area contributed by atoms with Gasteiger partial charge in [0.25, 0.3) is 0 Å². The molecule has 0 aliphatic rings. The van der Waals surface area contributed by atoms with E-state index in [4.69, 9.17) is 4.74 Å². The van der Waals surface area contributed by atoms with Gasteiger partial charge in [0.1, 0.15) is 0 Å². The summed E-state index contributed by atoms with van der Waals surface area (Å²) in [5.41, 5.74) is 0. The van der Waals surface area contributed by atoms with E-state index in [-0.39, 0.29) is 18.5 Å². The Kier molecular flexibility index (Phi) is 67.4. The number of hydrogen-bond donors (Lipinski definition) is 3. The van der Waals surface area contributed by atoms with Gasteiger partial charge in [-0.2, -0.15) is 0 Å². The van der Waals surface area contributed by atoms with E-state index >= 15 is 0 Å². The first kappa shape index (κ1) is 76.9. The standard InChI is InChI=1S/C72H143NO5/c1-3-5-7-9-11-13-15-17-19-33-38-42-46-50-54-58-62-66-72(77)78-67-63-59-55-51-47-43-39-35-32-30-28-26-24-22-21-23-25-27-29-31-34-37-41-45-49-53-57-61-65-71(76)73-69(68-74)70(75)64-60-56-52-48-44-40-36-20-18-16-14-12-10-8-6-4-2/h69-70,74-75H,3-68H2,1-2H3,(H,73,76). The molecule has 6 nitrogen and oxygen atoms in total. The van der Waals surface area contributed by atoms with E-state index in [1.807, 2.05) is 0 Å². The molecule has 0 aromatic carbocycles. The first-order chi connectivity index (χ1) is 38.5. The van der Waals surface area contributed by atoms with Crippen molar-refractivity contribution in [2.24, 2.45) is 0 Å². The Morgan fingerprint density at radius 2 is 0.526 bits per heavy atom. The number of aliphatic hydroxyl groups is 2. The second kappa shape index (κ2) is 68.4. The highest BCUT2D eigenvalue weighted by molar-refractivity contribution is 5.76. The number of carbonyl (C=O) groups is 2. The average molecular weight is 1100 g/mol. The summed E-state index contributed by atoms with van der Waals surface area (Å²) in [5.74, 6) is -0.00339. The quantitative estimate of drug-likeness (QED) is 0.0417. The van der Waals surface area contributed by atoms with Crippen molar-refractivity contribution in [3.63, 3.8) is 0 Å². The Labute approximate surface area is 489 Å². The number of hydrogen-bond acceptors (Lipinski definition) is 5. The summed E-state index contributed by atoms with van der Waals surface area (Å²) in [6.45, 7) is 5.01. The highest BCUT2D eigenvalue weighted by atomic mass is 16.5. The molecule has 0 aromatic rings. The van der Waals surface area contributed by atoms with E-state index in [9.17, 15) is 19.8 Å². The second-order valence-electron chi connectivity index (χ2n) is 25.3. The van der Waals surface area contributed by atoms with Crippen molar-refractivity contribution in [2.45, 2.75) is 437 Å². The Morgan fingerprint density at radius 1 is 0.308 bits per heavy atom. The summed E-state index contributed by atoms with van der Waals surface area (Å²) in [4.78, 5) is 24.6. The minimum Gasteiger partial charge on any atom is -0.466 e. The maximum atomic E-state index is 12.5. The highest BCUT2D eigenvalue weighted by Crippen LogP contribution is 2.20. The van der Waals surface area contributed by atoms with Crippen LogP contribution in [0.2, 0.25) is 0 Å². The Morgan fingerprint density at radius 3 is 0.782 bits per heavy atom. The molecule has 0 rings (SSSR count). The van der Waals surface area contributed by atoms with Gasteiger partial charge in [-0.25, -0.2) is 0 Å². The van der Waals surface area contributed by atoms with Crippen molar-refractivity contribution in [2.75, 3.05) is 13.2 Å². The van der Waals surface area contributed by atoms with Crippen molar-refractivity contribution < 1.29 is 24.5 Å². The van der Waals surface area contributed by atoms with Gasteiger partial charge in [-0.05, 0) is 25.7 Å². The fraction of sp³-hybridized carbons (Fsp3) is 0.972. The van der Waals surface area contributed by atoms with Crippen LogP contribution in [0.5, 0.6) is 0 Å². The predicted octanol–water partition coefficient (Wildman–Crippen LogP) is 23.4. The number of esters is 1. The number of ether oxygens (including phenoxy) is 1. The van der Waals surface area contributed by atoms with Gasteiger partial charge in [0.15, 0.2) is 0 Å². The lowest BCUT2D eigenvalue weighted by atomic mass is 10.0. The molecule has 0 saturated carbocycles. The molecule has 0 aliphatic carbocycles. The van der Waals surface area contributed by atoms with Gasteiger partial charge in [-0.3, -0.25) is 9.59 Å². The van der Waals surface area contributed by atoms with Gasteiger partial charge in [-0.15, -0.1) is 0 Å². The number of nitrogens with one attached hydrogen (secondary N) is 1. The Hall–Kier alpha value is -1.14. The predicted molar refractivity (Wildman–Crippen MR) is 343 cm³/mol. The first-order valence-electron chi connectivity index (χ1n) is 36.3. The zero-order valence-corrected chi connectivity index (χ0v) is 53.4. The SMILES string of the molecule is CCCCCCCCCCCCCCCCCCCC(=O)OCCCCCCCCCCCCCCCCCCCCCCCCCCCCCCC(=O)NC(CO)C(O)CCCCCCCCCCCCCCCCCC. The maximum absolute atomic E-state index is 12.5. The van der Waals surface area contributed by atoms with Crippen LogP contribution in [0.4, 0.5) is 0 Å². The Bertz CT molecular complexity index is 1130. The van der Waals surface area contributed by atoms with E-state index in [0.29, 0.717) is 25.9 Å². The minimum absolute atomic E-state index is 0.0241. The summed E-state index contributed by atoms with van der Waals surface area (Å²) in [6.07, 6.45) is 83.0. The largest absolute Gasteiger partial charge is 0.466 e. The van der Waals surface area contributed by atoms with Crippen LogP contribution in [-0.4, -0.2) is 47.4 Å². The second-order valence-corrected chi connectivity index (χ2v) is 25.3. The number of rotatable bonds is 69. The molecule has 1 amide bonds. The van der Waals surface area contributed by atoms with Crippen molar-refractivity contribution in [3.8, 4) is 0 Å². The maximum Gasteiger partial charge on any atom is 0.305 e. The van der Waals surface area contributed by atoms with E-state index < -0.39 is 12.1 Å². The van der Waals surface area contributed by atoms with Crippen LogP contribution in [0.1, 0.15) is 425 Å². The minimum atomic E-state index is -0.661.